The number of esters is 1. The van der Waals surface area contributed by atoms with Crippen LogP contribution in [0, 0.1) is 0 Å². The summed E-state index contributed by atoms with van der Waals surface area (Å²) in [5, 5.41) is 5.16. The molecule has 0 spiro atoms. The summed E-state index contributed by atoms with van der Waals surface area (Å²) < 4.78 is 17.2. The van der Waals surface area contributed by atoms with Crippen molar-refractivity contribution in [2.75, 3.05) is 0 Å². The summed E-state index contributed by atoms with van der Waals surface area (Å²) in [6.07, 6.45) is 4.53. The first-order chi connectivity index (χ1) is 16.6. The lowest BCUT2D eigenvalue weighted by atomic mass is 9.99. The van der Waals surface area contributed by atoms with Gasteiger partial charge in [0, 0.05) is 42.0 Å². The minimum absolute atomic E-state index is 0.0245. The quantitative estimate of drug-likeness (QED) is 0.416. The number of amides is 1. The van der Waals surface area contributed by atoms with Gasteiger partial charge in [0.25, 0.3) is 0 Å². The summed E-state index contributed by atoms with van der Waals surface area (Å²) in [4.78, 5) is 27.7. The maximum Gasteiger partial charge on any atom is 0.410 e. The predicted octanol–water partition coefficient (Wildman–Crippen LogP) is 6.54. The molecule has 3 aliphatic rings. The smallest absolute Gasteiger partial charge is 0.410 e. The van der Waals surface area contributed by atoms with Gasteiger partial charge in [0.15, 0.2) is 0 Å². The molecule has 35 heavy (non-hydrogen) atoms. The molecule has 0 radical (unpaired) electrons. The summed E-state index contributed by atoms with van der Waals surface area (Å²) in [7, 11) is 0. The van der Waals surface area contributed by atoms with Gasteiger partial charge in [0.05, 0.1) is 16.5 Å². The molecule has 1 aromatic heterocycles. The van der Waals surface area contributed by atoms with Crippen LogP contribution in [0.15, 0.2) is 22.7 Å². The molecule has 2 unspecified atom stereocenters. The van der Waals surface area contributed by atoms with Crippen LogP contribution in [0.3, 0.4) is 0 Å². The Labute approximate surface area is 215 Å². The van der Waals surface area contributed by atoms with Crippen molar-refractivity contribution in [2.45, 2.75) is 95.4 Å². The number of rotatable bonds is 5. The van der Waals surface area contributed by atoms with Crippen molar-refractivity contribution in [3.05, 3.63) is 39.6 Å². The number of halogens is 2. The fourth-order valence-electron chi connectivity index (χ4n) is 5.29. The number of nitrogens with zero attached hydrogens (tertiary/aromatic N) is 2. The highest BCUT2D eigenvalue weighted by molar-refractivity contribution is 6.39. The predicted molar refractivity (Wildman–Crippen MR) is 132 cm³/mol. The van der Waals surface area contributed by atoms with E-state index in [-0.39, 0.29) is 42.6 Å². The molecule has 1 aromatic carbocycles. The van der Waals surface area contributed by atoms with Crippen molar-refractivity contribution in [1.29, 1.82) is 0 Å². The summed E-state index contributed by atoms with van der Waals surface area (Å²) >= 11 is 12.9. The second-order valence-electron chi connectivity index (χ2n) is 10.8. The van der Waals surface area contributed by atoms with E-state index in [1.807, 2.05) is 25.7 Å². The van der Waals surface area contributed by atoms with E-state index in [9.17, 15) is 9.59 Å². The third-order valence-corrected chi connectivity index (χ3v) is 7.51. The lowest BCUT2D eigenvalue weighted by Crippen LogP contribution is -2.50. The van der Waals surface area contributed by atoms with Gasteiger partial charge in [-0.15, -0.1) is 0 Å². The molecule has 3 fully saturated rings. The van der Waals surface area contributed by atoms with Crippen molar-refractivity contribution < 1.29 is 23.6 Å². The zero-order valence-electron chi connectivity index (χ0n) is 20.2. The maximum absolute atomic E-state index is 13.1. The second kappa shape index (κ2) is 9.32. The Hall–Kier alpha value is -2.25. The Morgan fingerprint density at radius 2 is 1.71 bits per heavy atom. The molecular formula is C26H30Cl2N2O5. The first-order valence-electron chi connectivity index (χ1n) is 12.2. The number of aromatic nitrogens is 1. The van der Waals surface area contributed by atoms with Gasteiger partial charge in [-0.3, -0.25) is 4.79 Å². The highest BCUT2D eigenvalue weighted by atomic mass is 35.5. The first-order valence-corrected chi connectivity index (χ1v) is 13.0. The summed E-state index contributed by atoms with van der Waals surface area (Å²) in [5.41, 5.74) is 1.22. The molecular weight excluding hydrogens is 491 g/mol. The van der Waals surface area contributed by atoms with E-state index in [1.165, 1.54) is 0 Å². The van der Waals surface area contributed by atoms with E-state index in [1.54, 1.807) is 18.2 Å². The van der Waals surface area contributed by atoms with Crippen LogP contribution in [0.4, 0.5) is 4.79 Å². The van der Waals surface area contributed by atoms with Crippen molar-refractivity contribution in [2.24, 2.45) is 0 Å². The molecule has 2 aromatic rings. The SMILES string of the molecule is CC(C)(C)OC(=O)N1C2CC[C@@H]1CC(OC(=O)Cc1c(-c3c(Cl)cccc3Cl)noc1C1CC1)C2. The van der Waals surface area contributed by atoms with Crippen LogP contribution < -0.4 is 0 Å². The van der Waals surface area contributed by atoms with Crippen LogP contribution in [0.25, 0.3) is 11.3 Å². The topological polar surface area (TPSA) is 81.9 Å². The number of hydrogen-bond donors (Lipinski definition) is 0. The average Bonchev–Trinajstić information content (AvgIpc) is 3.46. The van der Waals surface area contributed by atoms with Crippen molar-refractivity contribution in [3.63, 3.8) is 0 Å². The van der Waals surface area contributed by atoms with E-state index in [4.69, 9.17) is 37.2 Å². The molecule has 5 rings (SSSR count). The lowest BCUT2D eigenvalue weighted by molar-refractivity contribution is -0.151. The summed E-state index contributed by atoms with van der Waals surface area (Å²) in [6, 6.07) is 5.30. The monoisotopic (exact) mass is 520 g/mol. The molecule has 2 aliphatic heterocycles. The number of ether oxygens (including phenoxy) is 2. The van der Waals surface area contributed by atoms with E-state index in [0.29, 0.717) is 45.5 Å². The first kappa shape index (κ1) is 24.4. The molecule has 2 bridgehead atoms. The molecule has 0 N–H and O–H groups in total. The molecule has 2 saturated heterocycles. The third-order valence-electron chi connectivity index (χ3n) is 6.88. The number of hydrogen-bond acceptors (Lipinski definition) is 6. The van der Waals surface area contributed by atoms with Crippen molar-refractivity contribution >= 4 is 35.3 Å². The van der Waals surface area contributed by atoms with Gasteiger partial charge in [0.1, 0.15) is 23.2 Å². The molecule has 188 valence electrons. The Morgan fingerprint density at radius 1 is 1.09 bits per heavy atom. The molecule has 3 atom stereocenters. The highest BCUT2D eigenvalue weighted by Gasteiger charge is 2.46. The van der Waals surface area contributed by atoms with E-state index >= 15 is 0 Å². The Kier molecular flexibility index (Phi) is 6.51. The largest absolute Gasteiger partial charge is 0.462 e. The summed E-state index contributed by atoms with van der Waals surface area (Å²) in [6.45, 7) is 5.60. The number of carbonyl (C=O) groups is 2. The number of piperidine rings is 1. The Bertz CT molecular complexity index is 1100. The summed E-state index contributed by atoms with van der Waals surface area (Å²) in [5.74, 6) is 0.635. The van der Waals surface area contributed by atoms with E-state index in [2.05, 4.69) is 5.16 Å². The van der Waals surface area contributed by atoms with Gasteiger partial charge in [-0.05, 0) is 58.6 Å². The second-order valence-corrected chi connectivity index (χ2v) is 11.6. The van der Waals surface area contributed by atoms with Crippen LogP contribution in [-0.4, -0.2) is 45.9 Å². The van der Waals surface area contributed by atoms with E-state index in [0.717, 1.165) is 25.7 Å². The van der Waals surface area contributed by atoms with Gasteiger partial charge in [0.2, 0.25) is 0 Å². The van der Waals surface area contributed by atoms with Crippen LogP contribution >= 0.6 is 23.2 Å². The molecule has 1 aliphatic carbocycles. The zero-order valence-corrected chi connectivity index (χ0v) is 21.7. The molecule has 7 nitrogen and oxygen atoms in total. The molecule has 1 saturated carbocycles. The Morgan fingerprint density at radius 3 is 2.29 bits per heavy atom. The van der Waals surface area contributed by atoms with Gasteiger partial charge in [-0.25, -0.2) is 4.79 Å². The van der Waals surface area contributed by atoms with E-state index < -0.39 is 5.60 Å². The standard InChI is InChI=1S/C26H30Cl2N2O5/c1-26(2,3)34-25(32)30-15-9-10-16(30)12-17(11-15)33-21(31)13-18-23(29-35-24(18)14-7-8-14)22-19(27)5-4-6-20(22)28/h4-6,14-17H,7-13H2,1-3H3/t15-,16?,17?/m1/s1. The maximum atomic E-state index is 13.1. The number of fused-ring (bicyclic) bond motifs is 2. The minimum atomic E-state index is -0.542. The van der Waals surface area contributed by atoms with Crippen LogP contribution in [-0.2, 0) is 20.7 Å². The molecule has 3 heterocycles. The van der Waals surface area contributed by atoms with Crippen molar-refractivity contribution in [1.82, 2.24) is 10.1 Å². The fourth-order valence-corrected chi connectivity index (χ4v) is 5.86. The lowest BCUT2D eigenvalue weighted by Gasteiger charge is -2.39. The van der Waals surface area contributed by atoms with Gasteiger partial charge < -0.3 is 18.9 Å². The highest BCUT2D eigenvalue weighted by Crippen LogP contribution is 2.46. The zero-order chi connectivity index (χ0) is 24.9. The number of benzene rings is 1. The third kappa shape index (κ3) is 5.17. The van der Waals surface area contributed by atoms with Gasteiger partial charge >= 0.3 is 12.1 Å². The molecule has 1 amide bonds. The average molecular weight is 521 g/mol. The Balaban J connectivity index is 1.29. The van der Waals surface area contributed by atoms with Gasteiger partial charge in [-0.1, -0.05) is 34.4 Å². The van der Waals surface area contributed by atoms with Crippen LogP contribution in [0.2, 0.25) is 10.0 Å². The van der Waals surface area contributed by atoms with Gasteiger partial charge in [-0.2, -0.15) is 0 Å². The van der Waals surface area contributed by atoms with Crippen LogP contribution in [0.1, 0.15) is 76.5 Å². The fraction of sp³-hybridized carbons (Fsp3) is 0.577. The number of carbonyl (C=O) groups excluding carboxylic acids is 2. The van der Waals surface area contributed by atoms with Crippen LogP contribution in [0.5, 0.6) is 0 Å². The minimum Gasteiger partial charge on any atom is -0.462 e. The van der Waals surface area contributed by atoms with Crippen molar-refractivity contribution in [3.8, 4) is 11.3 Å². The normalized spacial score (nSPS) is 23.9. The molecule has 9 heteroatoms.